The maximum absolute atomic E-state index is 12.9. The van der Waals surface area contributed by atoms with Crippen LogP contribution in [0.15, 0.2) is 6.20 Å². The van der Waals surface area contributed by atoms with E-state index in [1.165, 1.54) is 4.68 Å². The van der Waals surface area contributed by atoms with Crippen molar-refractivity contribution in [3.8, 4) is 0 Å². The average Bonchev–Trinajstić information content (AvgIpc) is 2.98. The number of hydrogen-bond donors (Lipinski definition) is 1. The van der Waals surface area contributed by atoms with Crippen LogP contribution in [0.3, 0.4) is 0 Å². The van der Waals surface area contributed by atoms with Crippen molar-refractivity contribution in [2.75, 3.05) is 0 Å². The molecule has 0 aromatic carbocycles. The third-order valence-corrected chi connectivity index (χ3v) is 4.40. The lowest BCUT2D eigenvalue weighted by Gasteiger charge is -2.18. The summed E-state index contributed by atoms with van der Waals surface area (Å²) >= 11 is 5.88. The molecule has 1 amide bonds. The van der Waals surface area contributed by atoms with Crippen molar-refractivity contribution in [2.45, 2.75) is 46.2 Å². The van der Waals surface area contributed by atoms with E-state index < -0.39 is 18.2 Å². The predicted molar refractivity (Wildman–Crippen MR) is 86.1 cm³/mol. The minimum atomic E-state index is -2.79. The predicted octanol–water partition coefficient (Wildman–Crippen LogP) is 3.26. The third-order valence-electron chi connectivity index (χ3n) is 3.93. The summed E-state index contributed by atoms with van der Waals surface area (Å²) in [5.41, 5.74) is 1.53. The molecule has 0 radical (unpaired) electrons. The Morgan fingerprint density at radius 2 is 1.92 bits per heavy atom. The van der Waals surface area contributed by atoms with E-state index >= 15 is 0 Å². The van der Waals surface area contributed by atoms with Gasteiger partial charge in [-0.1, -0.05) is 11.6 Å². The van der Waals surface area contributed by atoms with Crippen LogP contribution in [0.2, 0.25) is 5.02 Å². The van der Waals surface area contributed by atoms with Gasteiger partial charge in [0.2, 0.25) is 5.91 Å². The summed E-state index contributed by atoms with van der Waals surface area (Å²) in [5, 5.41) is 10.8. The number of aromatic nitrogens is 4. The first-order chi connectivity index (χ1) is 11.1. The molecule has 2 rings (SSSR count). The number of amides is 1. The number of hydrogen-bond acceptors (Lipinski definition) is 3. The summed E-state index contributed by atoms with van der Waals surface area (Å²) in [6.07, 6.45) is -0.958. The van der Waals surface area contributed by atoms with Gasteiger partial charge in [-0.25, -0.2) is 8.78 Å². The second kappa shape index (κ2) is 6.88. The van der Waals surface area contributed by atoms with Crippen molar-refractivity contribution in [3.63, 3.8) is 0 Å². The molecule has 132 valence electrons. The Bertz CT molecular complexity index is 755. The van der Waals surface area contributed by atoms with Crippen LogP contribution in [0.5, 0.6) is 0 Å². The Morgan fingerprint density at radius 1 is 1.29 bits per heavy atom. The monoisotopic (exact) mass is 359 g/mol. The number of rotatable bonds is 5. The molecule has 0 fully saturated rings. The van der Waals surface area contributed by atoms with Crippen LogP contribution in [0.4, 0.5) is 8.78 Å². The summed E-state index contributed by atoms with van der Waals surface area (Å²) in [4.78, 5) is 12.5. The number of nitrogens with one attached hydrogen (secondary N) is 1. The zero-order chi connectivity index (χ0) is 18.2. The van der Waals surface area contributed by atoms with Gasteiger partial charge in [0.25, 0.3) is 6.43 Å². The summed E-state index contributed by atoms with van der Waals surface area (Å²) < 4.78 is 28.7. The molecule has 0 aliphatic rings. The molecule has 2 aromatic rings. The summed E-state index contributed by atoms with van der Waals surface area (Å²) in [7, 11) is 1.80. The zero-order valence-electron chi connectivity index (χ0n) is 14.1. The summed E-state index contributed by atoms with van der Waals surface area (Å²) in [6.45, 7) is 6.83. The average molecular weight is 360 g/mol. The van der Waals surface area contributed by atoms with Gasteiger partial charge < -0.3 is 5.32 Å². The lowest BCUT2D eigenvalue weighted by Crippen LogP contribution is -2.34. The Balaban J connectivity index is 2.18. The number of carbonyl (C=O) groups excluding carboxylic acids is 1. The van der Waals surface area contributed by atoms with E-state index in [0.29, 0.717) is 5.69 Å². The number of aryl methyl sites for hydroxylation is 2. The highest BCUT2D eigenvalue weighted by molar-refractivity contribution is 6.31. The van der Waals surface area contributed by atoms with Crippen LogP contribution < -0.4 is 5.32 Å². The van der Waals surface area contributed by atoms with E-state index in [4.69, 9.17) is 11.6 Å². The SMILES string of the molecule is Cc1nn(C)cc1[C@@H](C)NC(=O)[C@H](C)n1nc(C(F)F)c(Cl)c1C. The molecule has 6 nitrogen and oxygen atoms in total. The van der Waals surface area contributed by atoms with Crippen LogP contribution >= 0.6 is 11.6 Å². The molecule has 2 aromatic heterocycles. The molecule has 24 heavy (non-hydrogen) atoms. The van der Waals surface area contributed by atoms with E-state index in [1.54, 1.807) is 25.6 Å². The lowest BCUT2D eigenvalue weighted by molar-refractivity contribution is -0.124. The van der Waals surface area contributed by atoms with Gasteiger partial charge in [-0.05, 0) is 27.7 Å². The fourth-order valence-corrected chi connectivity index (χ4v) is 2.81. The normalized spacial score (nSPS) is 14.0. The number of carbonyl (C=O) groups is 1. The van der Waals surface area contributed by atoms with Gasteiger partial charge in [0.05, 0.1) is 22.5 Å². The molecule has 1 N–H and O–H groups in total. The van der Waals surface area contributed by atoms with Crippen LogP contribution in [0.1, 0.15) is 55.0 Å². The second-order valence-electron chi connectivity index (χ2n) is 5.78. The fourth-order valence-electron chi connectivity index (χ4n) is 2.60. The third kappa shape index (κ3) is 3.43. The second-order valence-corrected chi connectivity index (χ2v) is 6.16. The summed E-state index contributed by atoms with van der Waals surface area (Å²) in [6, 6.07) is -1.04. The van der Waals surface area contributed by atoms with Crippen molar-refractivity contribution < 1.29 is 13.6 Å². The van der Waals surface area contributed by atoms with Gasteiger partial charge in [0.15, 0.2) is 0 Å². The van der Waals surface area contributed by atoms with Crippen LogP contribution in [0.25, 0.3) is 0 Å². The first-order valence-corrected chi connectivity index (χ1v) is 7.84. The number of alkyl halides is 2. The topological polar surface area (TPSA) is 64.7 Å². The minimum absolute atomic E-state index is 0.110. The van der Waals surface area contributed by atoms with E-state index in [2.05, 4.69) is 15.5 Å². The number of nitrogens with zero attached hydrogens (tertiary/aromatic N) is 4. The van der Waals surface area contributed by atoms with Gasteiger partial charge in [0, 0.05) is 18.8 Å². The minimum Gasteiger partial charge on any atom is -0.348 e. The quantitative estimate of drug-likeness (QED) is 0.891. The molecular formula is C15H20ClF2N5O. The van der Waals surface area contributed by atoms with Crippen molar-refractivity contribution in [1.29, 1.82) is 0 Å². The van der Waals surface area contributed by atoms with Gasteiger partial charge >= 0.3 is 0 Å². The van der Waals surface area contributed by atoms with Crippen molar-refractivity contribution >= 4 is 17.5 Å². The zero-order valence-corrected chi connectivity index (χ0v) is 14.9. The maximum atomic E-state index is 12.9. The highest BCUT2D eigenvalue weighted by Gasteiger charge is 2.26. The Labute approximate surface area is 143 Å². The van der Waals surface area contributed by atoms with Crippen LogP contribution in [0, 0.1) is 13.8 Å². The molecule has 2 atom stereocenters. The first-order valence-electron chi connectivity index (χ1n) is 7.46. The van der Waals surface area contributed by atoms with Gasteiger partial charge in [-0.15, -0.1) is 0 Å². The van der Waals surface area contributed by atoms with Gasteiger partial charge in [-0.2, -0.15) is 10.2 Å². The summed E-state index contributed by atoms with van der Waals surface area (Å²) in [5.74, 6) is -0.339. The van der Waals surface area contributed by atoms with E-state index in [9.17, 15) is 13.6 Å². The molecule has 0 saturated carbocycles. The standard InChI is InChI=1S/C15H20ClF2N5O/c1-7(11-6-22(5)20-8(11)2)19-15(24)10(4)23-9(3)12(16)13(21-23)14(17)18/h6-7,10,14H,1-5H3,(H,19,24)/t7-,10+/m1/s1. The molecule has 0 unspecified atom stereocenters. The molecule has 0 saturated heterocycles. The largest absolute Gasteiger partial charge is 0.348 e. The van der Waals surface area contributed by atoms with Gasteiger partial charge in [-0.3, -0.25) is 14.2 Å². The van der Waals surface area contributed by atoms with Crippen molar-refractivity contribution in [1.82, 2.24) is 24.9 Å². The first kappa shape index (κ1) is 18.4. The molecule has 0 bridgehead atoms. The molecule has 9 heteroatoms. The van der Waals surface area contributed by atoms with Crippen molar-refractivity contribution in [3.05, 3.63) is 33.9 Å². The van der Waals surface area contributed by atoms with E-state index in [-0.39, 0.29) is 17.0 Å². The molecular weight excluding hydrogens is 340 g/mol. The smallest absolute Gasteiger partial charge is 0.283 e. The highest BCUT2D eigenvalue weighted by atomic mass is 35.5. The maximum Gasteiger partial charge on any atom is 0.283 e. The Hall–Kier alpha value is -1.96. The van der Waals surface area contributed by atoms with Gasteiger partial charge in [0.1, 0.15) is 11.7 Å². The van der Waals surface area contributed by atoms with E-state index in [0.717, 1.165) is 11.3 Å². The lowest BCUT2D eigenvalue weighted by atomic mass is 10.1. The Morgan fingerprint density at radius 3 is 2.38 bits per heavy atom. The Kier molecular flexibility index (Phi) is 5.27. The van der Waals surface area contributed by atoms with E-state index in [1.807, 2.05) is 20.0 Å². The van der Waals surface area contributed by atoms with Crippen LogP contribution in [-0.2, 0) is 11.8 Å². The highest BCUT2D eigenvalue weighted by Crippen LogP contribution is 2.30. The fraction of sp³-hybridized carbons (Fsp3) is 0.533. The molecule has 0 aliphatic carbocycles. The van der Waals surface area contributed by atoms with Crippen molar-refractivity contribution in [2.24, 2.45) is 7.05 Å². The van der Waals surface area contributed by atoms with Crippen LogP contribution in [-0.4, -0.2) is 25.5 Å². The molecule has 0 spiro atoms. The number of halogens is 3. The molecule has 0 aliphatic heterocycles. The molecule has 2 heterocycles.